The molecule has 0 atom stereocenters. The number of benzene rings is 1. The van der Waals surface area contributed by atoms with E-state index < -0.39 is 5.41 Å². The van der Waals surface area contributed by atoms with Crippen LogP contribution in [0.4, 0.5) is 0 Å². The van der Waals surface area contributed by atoms with Crippen LogP contribution in [0.5, 0.6) is 0 Å². The molecule has 1 fully saturated rings. The van der Waals surface area contributed by atoms with E-state index in [0.717, 1.165) is 29.0 Å². The van der Waals surface area contributed by atoms with Gasteiger partial charge in [0.2, 0.25) is 0 Å². The molecule has 1 saturated carbocycles. The zero-order valence-electron chi connectivity index (χ0n) is 11.1. The van der Waals surface area contributed by atoms with Crippen molar-refractivity contribution >= 4 is 17.6 Å². The van der Waals surface area contributed by atoms with Crippen LogP contribution >= 0.6 is 11.6 Å². The van der Waals surface area contributed by atoms with Gasteiger partial charge < -0.3 is 4.74 Å². The minimum absolute atomic E-state index is 0.113. The maximum Gasteiger partial charge on any atom is 0.316 e. The SMILES string of the molecule is CCOC(=O)C1(c2ccc(C(C)C)c(Cl)c2)CC1. The number of carbonyl (C=O) groups is 1. The average molecular weight is 267 g/mol. The third kappa shape index (κ3) is 2.26. The summed E-state index contributed by atoms with van der Waals surface area (Å²) in [4.78, 5) is 12.0. The fourth-order valence-electron chi connectivity index (χ4n) is 2.30. The van der Waals surface area contributed by atoms with Gasteiger partial charge in [-0.3, -0.25) is 4.79 Å². The van der Waals surface area contributed by atoms with Crippen molar-refractivity contribution in [2.75, 3.05) is 6.61 Å². The van der Waals surface area contributed by atoms with E-state index in [1.807, 2.05) is 25.1 Å². The molecule has 1 aromatic rings. The highest BCUT2D eigenvalue weighted by Gasteiger charge is 2.52. The van der Waals surface area contributed by atoms with Crippen LogP contribution in [-0.4, -0.2) is 12.6 Å². The minimum Gasteiger partial charge on any atom is -0.465 e. The predicted molar refractivity (Wildman–Crippen MR) is 73.1 cm³/mol. The third-order valence-electron chi connectivity index (χ3n) is 3.59. The van der Waals surface area contributed by atoms with Crippen LogP contribution in [-0.2, 0) is 14.9 Å². The molecule has 0 aliphatic heterocycles. The van der Waals surface area contributed by atoms with Crippen molar-refractivity contribution in [2.24, 2.45) is 0 Å². The van der Waals surface area contributed by atoms with Crippen molar-refractivity contribution in [1.82, 2.24) is 0 Å². The summed E-state index contributed by atoms with van der Waals surface area (Å²) in [5, 5.41) is 0.748. The van der Waals surface area contributed by atoms with Gasteiger partial charge in [0.05, 0.1) is 12.0 Å². The molecule has 0 spiro atoms. The number of hydrogen-bond donors (Lipinski definition) is 0. The van der Waals surface area contributed by atoms with E-state index in [4.69, 9.17) is 16.3 Å². The van der Waals surface area contributed by atoms with Crippen LogP contribution < -0.4 is 0 Å². The van der Waals surface area contributed by atoms with Crippen LogP contribution in [0.3, 0.4) is 0 Å². The lowest BCUT2D eigenvalue weighted by molar-refractivity contribution is -0.146. The smallest absolute Gasteiger partial charge is 0.316 e. The Morgan fingerprint density at radius 3 is 2.56 bits per heavy atom. The third-order valence-corrected chi connectivity index (χ3v) is 3.92. The number of esters is 1. The molecule has 1 aliphatic rings. The molecule has 0 unspecified atom stereocenters. The van der Waals surface area contributed by atoms with Crippen LogP contribution in [0, 0.1) is 0 Å². The van der Waals surface area contributed by atoms with Crippen molar-refractivity contribution in [3.05, 3.63) is 34.3 Å². The van der Waals surface area contributed by atoms with E-state index in [9.17, 15) is 4.79 Å². The van der Waals surface area contributed by atoms with Crippen molar-refractivity contribution in [2.45, 2.75) is 44.9 Å². The average Bonchev–Trinajstić information content (AvgIpc) is 3.09. The molecule has 0 heterocycles. The van der Waals surface area contributed by atoms with Crippen molar-refractivity contribution in [3.8, 4) is 0 Å². The molecule has 2 nitrogen and oxygen atoms in total. The second-order valence-corrected chi connectivity index (χ2v) is 5.60. The second-order valence-electron chi connectivity index (χ2n) is 5.19. The molecule has 18 heavy (non-hydrogen) atoms. The summed E-state index contributed by atoms with van der Waals surface area (Å²) in [7, 11) is 0. The molecule has 98 valence electrons. The topological polar surface area (TPSA) is 26.3 Å². The van der Waals surface area contributed by atoms with Gasteiger partial charge >= 0.3 is 5.97 Å². The molecule has 0 amide bonds. The second kappa shape index (κ2) is 4.93. The Hall–Kier alpha value is -1.02. The van der Waals surface area contributed by atoms with Gasteiger partial charge in [0.25, 0.3) is 0 Å². The summed E-state index contributed by atoms with van der Waals surface area (Å²) in [6.07, 6.45) is 1.73. The minimum atomic E-state index is -0.421. The fraction of sp³-hybridized carbons (Fsp3) is 0.533. The molecule has 2 rings (SSSR count). The van der Waals surface area contributed by atoms with E-state index in [1.165, 1.54) is 0 Å². The normalized spacial score (nSPS) is 16.7. The maximum atomic E-state index is 12.0. The molecule has 0 bridgehead atoms. The summed E-state index contributed by atoms with van der Waals surface area (Å²) in [5.41, 5.74) is 1.70. The van der Waals surface area contributed by atoms with Crippen molar-refractivity contribution in [1.29, 1.82) is 0 Å². The van der Waals surface area contributed by atoms with E-state index >= 15 is 0 Å². The van der Waals surface area contributed by atoms with E-state index in [2.05, 4.69) is 13.8 Å². The molecule has 0 saturated heterocycles. The number of halogens is 1. The lowest BCUT2D eigenvalue weighted by Gasteiger charge is -2.16. The van der Waals surface area contributed by atoms with Crippen LogP contribution in [0.1, 0.15) is 50.7 Å². The summed E-state index contributed by atoms with van der Waals surface area (Å²) in [6.45, 7) is 6.49. The monoisotopic (exact) mass is 266 g/mol. The Balaban J connectivity index is 2.30. The van der Waals surface area contributed by atoms with Gasteiger partial charge in [0.1, 0.15) is 0 Å². The Bertz CT molecular complexity index is 462. The van der Waals surface area contributed by atoms with Gasteiger partial charge in [0.15, 0.2) is 0 Å². The zero-order chi connectivity index (χ0) is 13.3. The summed E-state index contributed by atoms with van der Waals surface area (Å²) in [6, 6.07) is 5.98. The first-order valence-corrected chi connectivity index (χ1v) is 6.86. The summed E-state index contributed by atoms with van der Waals surface area (Å²) in [5.74, 6) is 0.280. The van der Waals surface area contributed by atoms with Gasteiger partial charge in [-0.2, -0.15) is 0 Å². The Labute approximate surface area is 113 Å². The Kier molecular flexibility index (Phi) is 3.67. The van der Waals surface area contributed by atoms with Crippen molar-refractivity contribution in [3.63, 3.8) is 0 Å². The van der Waals surface area contributed by atoms with Gasteiger partial charge in [-0.15, -0.1) is 0 Å². The standard InChI is InChI=1S/C15H19ClO2/c1-4-18-14(17)15(7-8-15)11-5-6-12(10(2)3)13(16)9-11/h5-6,9-10H,4,7-8H2,1-3H3. The van der Waals surface area contributed by atoms with Crippen molar-refractivity contribution < 1.29 is 9.53 Å². The molecule has 0 N–H and O–H groups in total. The highest BCUT2D eigenvalue weighted by Crippen LogP contribution is 2.50. The van der Waals surface area contributed by atoms with Gasteiger partial charge in [-0.1, -0.05) is 37.6 Å². The quantitative estimate of drug-likeness (QED) is 0.769. The van der Waals surface area contributed by atoms with Gasteiger partial charge in [0, 0.05) is 5.02 Å². The first-order valence-electron chi connectivity index (χ1n) is 6.48. The summed E-state index contributed by atoms with van der Waals surface area (Å²) >= 11 is 6.29. The number of carbonyl (C=O) groups excluding carboxylic acids is 1. The Morgan fingerprint density at radius 2 is 2.11 bits per heavy atom. The Morgan fingerprint density at radius 1 is 1.44 bits per heavy atom. The number of hydrogen-bond acceptors (Lipinski definition) is 2. The molecule has 1 aromatic carbocycles. The largest absolute Gasteiger partial charge is 0.465 e. The lowest BCUT2D eigenvalue weighted by Crippen LogP contribution is -2.23. The number of ether oxygens (including phenoxy) is 1. The zero-order valence-corrected chi connectivity index (χ0v) is 11.9. The van der Waals surface area contributed by atoms with Gasteiger partial charge in [-0.05, 0) is 42.9 Å². The van der Waals surface area contributed by atoms with Crippen LogP contribution in [0.25, 0.3) is 0 Å². The molecule has 0 aromatic heterocycles. The van der Waals surface area contributed by atoms with E-state index in [0.29, 0.717) is 12.5 Å². The molecule has 0 radical (unpaired) electrons. The van der Waals surface area contributed by atoms with E-state index in [-0.39, 0.29) is 5.97 Å². The molecule has 1 aliphatic carbocycles. The van der Waals surface area contributed by atoms with Crippen LogP contribution in [0.2, 0.25) is 5.02 Å². The lowest BCUT2D eigenvalue weighted by atomic mass is 9.93. The first kappa shape index (κ1) is 13.4. The molecule has 3 heteroatoms. The summed E-state index contributed by atoms with van der Waals surface area (Å²) < 4.78 is 5.16. The van der Waals surface area contributed by atoms with E-state index in [1.54, 1.807) is 0 Å². The molecular weight excluding hydrogens is 248 g/mol. The highest BCUT2D eigenvalue weighted by molar-refractivity contribution is 6.31. The highest BCUT2D eigenvalue weighted by atomic mass is 35.5. The van der Waals surface area contributed by atoms with Crippen LogP contribution in [0.15, 0.2) is 18.2 Å². The fourth-order valence-corrected chi connectivity index (χ4v) is 2.70. The van der Waals surface area contributed by atoms with Gasteiger partial charge in [-0.25, -0.2) is 0 Å². The maximum absolute atomic E-state index is 12.0. The predicted octanol–water partition coefficient (Wildman–Crippen LogP) is 4.06. The first-order chi connectivity index (χ1) is 8.51. The molecular formula is C15H19ClO2. The number of rotatable bonds is 4.